The first kappa shape index (κ1) is 17.3. The second-order valence-electron chi connectivity index (χ2n) is 6.05. The summed E-state index contributed by atoms with van der Waals surface area (Å²) in [6.07, 6.45) is 2.45. The lowest BCUT2D eigenvalue weighted by atomic mass is 10.1. The van der Waals surface area contributed by atoms with Crippen molar-refractivity contribution in [1.29, 1.82) is 0 Å². The highest BCUT2D eigenvalue weighted by molar-refractivity contribution is 8.18. The quantitative estimate of drug-likeness (QED) is 0.762. The van der Waals surface area contributed by atoms with Gasteiger partial charge in [-0.05, 0) is 47.5 Å². The summed E-state index contributed by atoms with van der Waals surface area (Å²) in [5, 5.41) is -0.197. The van der Waals surface area contributed by atoms with Crippen molar-refractivity contribution in [3.05, 3.63) is 70.6 Å². The van der Waals surface area contributed by atoms with Crippen LogP contribution in [0.25, 0.3) is 6.08 Å². The number of imide groups is 1. The van der Waals surface area contributed by atoms with Crippen LogP contribution in [-0.2, 0) is 11.2 Å². The zero-order valence-corrected chi connectivity index (χ0v) is 15.1. The molecule has 0 N–H and O–H groups in total. The average molecular weight is 352 g/mol. The minimum Gasteiger partial charge on any atom is -0.378 e. The molecule has 1 heterocycles. The molecule has 2 amide bonds. The Morgan fingerprint density at radius 3 is 2.32 bits per heavy atom. The van der Waals surface area contributed by atoms with Gasteiger partial charge in [-0.3, -0.25) is 14.5 Å². The van der Waals surface area contributed by atoms with E-state index in [1.165, 1.54) is 4.90 Å². The molecule has 4 nitrogen and oxygen atoms in total. The molecular weight excluding hydrogens is 332 g/mol. The van der Waals surface area contributed by atoms with Crippen LogP contribution in [0.5, 0.6) is 0 Å². The fourth-order valence-corrected chi connectivity index (χ4v) is 3.46. The number of amides is 2. The number of anilines is 1. The zero-order valence-electron chi connectivity index (χ0n) is 14.3. The largest absolute Gasteiger partial charge is 0.378 e. The van der Waals surface area contributed by atoms with Gasteiger partial charge in [-0.1, -0.05) is 42.5 Å². The van der Waals surface area contributed by atoms with Gasteiger partial charge in [-0.15, -0.1) is 0 Å². The van der Waals surface area contributed by atoms with E-state index in [0.29, 0.717) is 17.9 Å². The van der Waals surface area contributed by atoms with Crippen LogP contribution < -0.4 is 4.90 Å². The number of nitrogens with zero attached hydrogens (tertiary/aromatic N) is 2. The maximum Gasteiger partial charge on any atom is 0.293 e. The summed E-state index contributed by atoms with van der Waals surface area (Å²) in [5.74, 6) is -0.206. The molecule has 0 bridgehead atoms. The summed E-state index contributed by atoms with van der Waals surface area (Å²) in [6, 6.07) is 17.8. The standard InChI is InChI=1S/C20H20N2O2S/c1-21(2)17-10-8-16(9-11-17)14-18-19(23)22(20(24)25-18)13-12-15-6-4-3-5-7-15/h3-11,14H,12-13H2,1-2H3/b18-14-. The molecule has 0 saturated carbocycles. The first-order valence-electron chi connectivity index (χ1n) is 8.11. The third kappa shape index (κ3) is 4.12. The molecule has 5 heteroatoms. The van der Waals surface area contributed by atoms with Gasteiger partial charge in [-0.2, -0.15) is 0 Å². The molecule has 25 heavy (non-hydrogen) atoms. The van der Waals surface area contributed by atoms with Crippen molar-refractivity contribution < 1.29 is 9.59 Å². The Balaban J connectivity index is 1.69. The van der Waals surface area contributed by atoms with Crippen molar-refractivity contribution in [3.8, 4) is 0 Å². The van der Waals surface area contributed by atoms with Crippen molar-refractivity contribution in [1.82, 2.24) is 4.90 Å². The van der Waals surface area contributed by atoms with Gasteiger partial charge < -0.3 is 4.90 Å². The van der Waals surface area contributed by atoms with Gasteiger partial charge in [0.2, 0.25) is 0 Å². The molecule has 0 unspecified atom stereocenters. The van der Waals surface area contributed by atoms with Gasteiger partial charge in [0.15, 0.2) is 0 Å². The minimum absolute atomic E-state index is 0.197. The fourth-order valence-electron chi connectivity index (χ4n) is 2.60. The Morgan fingerprint density at radius 1 is 1.00 bits per heavy atom. The molecule has 1 aliphatic heterocycles. The molecule has 3 rings (SSSR count). The molecule has 0 radical (unpaired) electrons. The lowest BCUT2D eigenvalue weighted by Gasteiger charge is -2.12. The monoisotopic (exact) mass is 352 g/mol. The Bertz CT molecular complexity index is 798. The van der Waals surface area contributed by atoms with Crippen LogP contribution in [0, 0.1) is 0 Å². The van der Waals surface area contributed by atoms with E-state index in [2.05, 4.69) is 0 Å². The highest BCUT2D eigenvalue weighted by Crippen LogP contribution is 2.32. The summed E-state index contributed by atoms with van der Waals surface area (Å²) in [7, 11) is 3.96. The van der Waals surface area contributed by atoms with Crippen LogP contribution in [-0.4, -0.2) is 36.7 Å². The van der Waals surface area contributed by atoms with Gasteiger partial charge in [0.05, 0.1) is 4.91 Å². The molecule has 2 aromatic carbocycles. The first-order chi connectivity index (χ1) is 12.0. The third-order valence-electron chi connectivity index (χ3n) is 4.05. The highest BCUT2D eigenvalue weighted by Gasteiger charge is 2.34. The van der Waals surface area contributed by atoms with E-state index in [4.69, 9.17) is 0 Å². The maximum absolute atomic E-state index is 12.5. The SMILES string of the molecule is CN(C)c1ccc(/C=C2\SC(=O)N(CCc3ccccc3)C2=O)cc1. The van der Waals surface area contributed by atoms with Crippen LogP contribution >= 0.6 is 11.8 Å². The number of thioether (sulfide) groups is 1. The van der Waals surface area contributed by atoms with Crippen molar-refractivity contribution in [2.75, 3.05) is 25.5 Å². The van der Waals surface area contributed by atoms with E-state index in [1.807, 2.05) is 73.6 Å². The van der Waals surface area contributed by atoms with Crippen LogP contribution in [0.15, 0.2) is 59.5 Å². The van der Waals surface area contributed by atoms with Crippen LogP contribution in [0.2, 0.25) is 0 Å². The normalized spacial score (nSPS) is 15.9. The van der Waals surface area contributed by atoms with Crippen molar-refractivity contribution in [2.45, 2.75) is 6.42 Å². The van der Waals surface area contributed by atoms with E-state index in [-0.39, 0.29) is 11.1 Å². The summed E-state index contributed by atoms with van der Waals surface area (Å²) >= 11 is 1.01. The Kier molecular flexibility index (Phi) is 5.24. The first-order valence-corrected chi connectivity index (χ1v) is 8.93. The summed E-state index contributed by atoms with van der Waals surface area (Å²) in [4.78, 5) is 28.5. The fraction of sp³-hybridized carbons (Fsp3) is 0.200. The second-order valence-corrected chi connectivity index (χ2v) is 7.05. The lowest BCUT2D eigenvalue weighted by Crippen LogP contribution is -2.30. The zero-order chi connectivity index (χ0) is 17.8. The van der Waals surface area contributed by atoms with Gasteiger partial charge in [0, 0.05) is 26.3 Å². The third-order valence-corrected chi connectivity index (χ3v) is 4.96. The summed E-state index contributed by atoms with van der Waals surface area (Å²) in [5.41, 5.74) is 3.12. The van der Waals surface area contributed by atoms with Gasteiger partial charge in [0.1, 0.15) is 0 Å². The van der Waals surface area contributed by atoms with E-state index in [1.54, 1.807) is 6.08 Å². The average Bonchev–Trinajstić information content (AvgIpc) is 2.88. The van der Waals surface area contributed by atoms with Crippen molar-refractivity contribution in [3.63, 3.8) is 0 Å². The topological polar surface area (TPSA) is 40.6 Å². The molecule has 0 aromatic heterocycles. The van der Waals surface area contributed by atoms with E-state index in [0.717, 1.165) is 28.6 Å². The van der Waals surface area contributed by atoms with E-state index in [9.17, 15) is 9.59 Å². The highest BCUT2D eigenvalue weighted by atomic mass is 32.2. The molecule has 1 aliphatic rings. The molecule has 1 fully saturated rings. The van der Waals surface area contributed by atoms with Crippen molar-refractivity contribution >= 4 is 34.7 Å². The van der Waals surface area contributed by atoms with Crippen LogP contribution in [0.3, 0.4) is 0 Å². The molecule has 0 aliphatic carbocycles. The Labute approximate surface area is 152 Å². The van der Waals surface area contributed by atoms with E-state index < -0.39 is 0 Å². The number of rotatable bonds is 5. The molecule has 1 saturated heterocycles. The number of hydrogen-bond donors (Lipinski definition) is 0. The van der Waals surface area contributed by atoms with E-state index >= 15 is 0 Å². The number of hydrogen-bond acceptors (Lipinski definition) is 4. The summed E-state index contributed by atoms with van der Waals surface area (Å²) in [6.45, 7) is 0.408. The smallest absolute Gasteiger partial charge is 0.293 e. The predicted molar refractivity (Wildman–Crippen MR) is 104 cm³/mol. The minimum atomic E-state index is -0.206. The van der Waals surface area contributed by atoms with Gasteiger partial charge in [-0.25, -0.2) is 0 Å². The number of carbonyl (C=O) groups excluding carboxylic acids is 2. The summed E-state index contributed by atoms with van der Waals surface area (Å²) < 4.78 is 0. The van der Waals surface area contributed by atoms with Crippen LogP contribution in [0.1, 0.15) is 11.1 Å². The van der Waals surface area contributed by atoms with Gasteiger partial charge in [0.25, 0.3) is 11.1 Å². The number of carbonyl (C=O) groups is 2. The molecule has 0 atom stereocenters. The molecule has 128 valence electrons. The maximum atomic E-state index is 12.5. The van der Waals surface area contributed by atoms with Gasteiger partial charge >= 0.3 is 0 Å². The number of benzene rings is 2. The second kappa shape index (κ2) is 7.57. The Hall–Kier alpha value is -2.53. The lowest BCUT2D eigenvalue weighted by molar-refractivity contribution is -0.122. The molecule has 0 spiro atoms. The predicted octanol–water partition coefficient (Wildman–Crippen LogP) is 4.03. The Morgan fingerprint density at radius 2 is 1.68 bits per heavy atom. The molecule has 2 aromatic rings. The molecular formula is C20H20N2O2S. The van der Waals surface area contributed by atoms with Crippen LogP contribution in [0.4, 0.5) is 10.5 Å². The van der Waals surface area contributed by atoms with Crippen molar-refractivity contribution in [2.24, 2.45) is 0 Å².